The highest BCUT2D eigenvalue weighted by Crippen LogP contribution is 2.32. The lowest BCUT2D eigenvalue weighted by molar-refractivity contribution is -0.128. The fraction of sp³-hybridized carbons (Fsp3) is 0.458. The van der Waals surface area contributed by atoms with Gasteiger partial charge in [-0.15, -0.1) is 0 Å². The molecule has 158 valence electrons. The number of nitrogens with one attached hydrogen (secondary N) is 1. The minimum atomic E-state index is -0.600. The van der Waals surface area contributed by atoms with Gasteiger partial charge in [-0.3, -0.25) is 4.79 Å². The molecule has 2 aromatic carbocycles. The van der Waals surface area contributed by atoms with Gasteiger partial charge in [-0.25, -0.2) is 0 Å². The Morgan fingerprint density at radius 3 is 2.14 bits per heavy atom. The Kier molecular flexibility index (Phi) is 7.94. The SMILES string of the molecule is CC[C@@H](Oc1ccccc1OC)C(=O)N[C@@H](C)c1cc(C(C)C)c(OC)cc1C. The summed E-state index contributed by atoms with van der Waals surface area (Å²) in [6.45, 7) is 10.2. The molecule has 2 aromatic rings. The zero-order chi connectivity index (χ0) is 21.6. The molecule has 5 nitrogen and oxygen atoms in total. The maximum absolute atomic E-state index is 12.9. The maximum atomic E-state index is 12.9. The summed E-state index contributed by atoms with van der Waals surface area (Å²) in [5.74, 6) is 2.23. The molecule has 0 heterocycles. The third kappa shape index (κ3) is 5.43. The van der Waals surface area contributed by atoms with Gasteiger partial charge in [-0.1, -0.05) is 32.9 Å². The molecule has 29 heavy (non-hydrogen) atoms. The fourth-order valence-corrected chi connectivity index (χ4v) is 3.39. The Hall–Kier alpha value is -2.69. The Morgan fingerprint density at radius 1 is 0.966 bits per heavy atom. The highest BCUT2D eigenvalue weighted by Gasteiger charge is 2.23. The van der Waals surface area contributed by atoms with E-state index in [2.05, 4.69) is 25.2 Å². The fourth-order valence-electron chi connectivity index (χ4n) is 3.39. The van der Waals surface area contributed by atoms with Crippen LogP contribution >= 0.6 is 0 Å². The third-order valence-corrected chi connectivity index (χ3v) is 5.07. The quantitative estimate of drug-likeness (QED) is 0.632. The minimum Gasteiger partial charge on any atom is -0.496 e. The molecule has 0 fully saturated rings. The van der Waals surface area contributed by atoms with Crippen LogP contribution in [0, 0.1) is 6.92 Å². The number of carbonyl (C=O) groups is 1. The minimum absolute atomic E-state index is 0.146. The van der Waals surface area contributed by atoms with E-state index in [0.717, 1.165) is 22.4 Å². The molecule has 0 bridgehead atoms. The monoisotopic (exact) mass is 399 g/mol. The van der Waals surface area contributed by atoms with Crippen molar-refractivity contribution in [1.29, 1.82) is 0 Å². The van der Waals surface area contributed by atoms with Crippen LogP contribution in [0.3, 0.4) is 0 Å². The average molecular weight is 400 g/mol. The number of methoxy groups -OCH3 is 2. The van der Waals surface area contributed by atoms with Crippen molar-refractivity contribution in [2.24, 2.45) is 0 Å². The van der Waals surface area contributed by atoms with Crippen molar-refractivity contribution >= 4 is 5.91 Å². The summed E-state index contributed by atoms with van der Waals surface area (Å²) in [6, 6.07) is 11.4. The van der Waals surface area contributed by atoms with Gasteiger partial charge < -0.3 is 19.5 Å². The number of aryl methyl sites for hydroxylation is 1. The molecule has 0 saturated carbocycles. The van der Waals surface area contributed by atoms with Crippen LogP contribution in [0.4, 0.5) is 0 Å². The van der Waals surface area contributed by atoms with Crippen LogP contribution in [0.5, 0.6) is 17.2 Å². The summed E-state index contributed by atoms with van der Waals surface area (Å²) < 4.78 is 16.8. The molecular formula is C24H33NO4. The van der Waals surface area contributed by atoms with Gasteiger partial charge >= 0.3 is 0 Å². The number of ether oxygens (including phenoxy) is 3. The second kappa shape index (κ2) is 10.2. The van der Waals surface area contributed by atoms with Gasteiger partial charge in [0.05, 0.1) is 20.3 Å². The number of rotatable bonds is 9. The maximum Gasteiger partial charge on any atom is 0.261 e. The molecule has 0 aromatic heterocycles. The van der Waals surface area contributed by atoms with Crippen LogP contribution in [0.25, 0.3) is 0 Å². The van der Waals surface area contributed by atoms with Crippen LogP contribution in [0.15, 0.2) is 36.4 Å². The predicted octanol–water partition coefficient (Wildman–Crippen LogP) is 5.17. The van der Waals surface area contributed by atoms with Crippen LogP contribution < -0.4 is 19.5 Å². The van der Waals surface area contributed by atoms with Gasteiger partial charge in [0, 0.05) is 0 Å². The van der Waals surface area contributed by atoms with Crippen LogP contribution in [0.1, 0.15) is 62.8 Å². The molecule has 2 atom stereocenters. The van der Waals surface area contributed by atoms with Gasteiger partial charge in [-0.05, 0) is 67.1 Å². The van der Waals surface area contributed by atoms with E-state index in [4.69, 9.17) is 14.2 Å². The van der Waals surface area contributed by atoms with Crippen molar-refractivity contribution in [1.82, 2.24) is 5.32 Å². The normalized spacial score (nSPS) is 13.0. The Bertz CT molecular complexity index is 832. The van der Waals surface area contributed by atoms with Crippen molar-refractivity contribution in [2.75, 3.05) is 14.2 Å². The highest BCUT2D eigenvalue weighted by molar-refractivity contribution is 5.81. The number of amides is 1. The molecule has 1 amide bonds. The summed E-state index contributed by atoms with van der Waals surface area (Å²) >= 11 is 0. The number of carbonyl (C=O) groups excluding carboxylic acids is 1. The van der Waals surface area contributed by atoms with Crippen LogP contribution in [0.2, 0.25) is 0 Å². The first-order chi connectivity index (χ1) is 13.8. The smallest absolute Gasteiger partial charge is 0.261 e. The Morgan fingerprint density at radius 2 is 1.59 bits per heavy atom. The summed E-state index contributed by atoms with van der Waals surface area (Å²) in [6.07, 6.45) is -0.0491. The zero-order valence-electron chi connectivity index (χ0n) is 18.5. The second-order valence-corrected chi connectivity index (χ2v) is 7.50. The molecule has 0 aliphatic rings. The van der Waals surface area contributed by atoms with Gasteiger partial charge in [0.2, 0.25) is 0 Å². The van der Waals surface area contributed by atoms with Crippen LogP contribution in [-0.4, -0.2) is 26.2 Å². The van der Waals surface area contributed by atoms with E-state index in [9.17, 15) is 4.79 Å². The first-order valence-corrected chi connectivity index (χ1v) is 10.1. The van der Waals surface area contributed by atoms with E-state index in [1.807, 2.05) is 45.0 Å². The van der Waals surface area contributed by atoms with Crippen LogP contribution in [-0.2, 0) is 4.79 Å². The van der Waals surface area contributed by atoms with Crippen molar-refractivity contribution < 1.29 is 19.0 Å². The lowest BCUT2D eigenvalue weighted by Crippen LogP contribution is -2.39. The summed E-state index contributed by atoms with van der Waals surface area (Å²) in [5.41, 5.74) is 3.29. The van der Waals surface area contributed by atoms with Gasteiger partial charge in [0.1, 0.15) is 5.75 Å². The molecule has 0 aliphatic heterocycles. The largest absolute Gasteiger partial charge is 0.496 e. The number of benzene rings is 2. The molecule has 0 saturated heterocycles. The molecule has 0 aliphatic carbocycles. The Labute approximate surface area is 174 Å². The second-order valence-electron chi connectivity index (χ2n) is 7.50. The van der Waals surface area contributed by atoms with Crippen molar-refractivity contribution in [3.8, 4) is 17.2 Å². The molecular weight excluding hydrogens is 366 g/mol. The van der Waals surface area contributed by atoms with E-state index < -0.39 is 6.10 Å². The van der Waals surface area contributed by atoms with Crippen molar-refractivity contribution in [3.63, 3.8) is 0 Å². The van der Waals surface area contributed by atoms with Crippen molar-refractivity contribution in [3.05, 3.63) is 53.1 Å². The molecule has 5 heteroatoms. The van der Waals surface area contributed by atoms with E-state index in [1.54, 1.807) is 20.3 Å². The average Bonchev–Trinajstić information content (AvgIpc) is 2.71. The van der Waals surface area contributed by atoms with Gasteiger partial charge in [0.25, 0.3) is 5.91 Å². The lowest BCUT2D eigenvalue weighted by atomic mass is 9.93. The van der Waals surface area contributed by atoms with E-state index in [-0.39, 0.29) is 11.9 Å². The molecule has 0 radical (unpaired) electrons. The first kappa shape index (κ1) is 22.6. The molecule has 0 spiro atoms. The topological polar surface area (TPSA) is 56.8 Å². The first-order valence-electron chi connectivity index (χ1n) is 10.1. The lowest BCUT2D eigenvalue weighted by Gasteiger charge is -2.24. The van der Waals surface area contributed by atoms with E-state index in [0.29, 0.717) is 23.8 Å². The van der Waals surface area contributed by atoms with E-state index >= 15 is 0 Å². The standard InChI is InChI=1S/C24H33NO4/c1-8-20(29-22-12-10-9-11-21(22)27-6)24(26)25-17(5)19-14-18(15(2)3)23(28-7)13-16(19)4/h9-15,17,20H,8H2,1-7H3,(H,25,26)/t17-,20+/m0/s1. The Balaban J connectivity index is 2.19. The number of hydrogen-bond acceptors (Lipinski definition) is 4. The number of para-hydroxylation sites is 2. The zero-order valence-corrected chi connectivity index (χ0v) is 18.5. The summed E-state index contributed by atoms with van der Waals surface area (Å²) in [4.78, 5) is 12.9. The third-order valence-electron chi connectivity index (χ3n) is 5.07. The van der Waals surface area contributed by atoms with Gasteiger partial charge in [-0.2, -0.15) is 0 Å². The summed E-state index contributed by atoms with van der Waals surface area (Å²) in [5, 5.41) is 3.10. The molecule has 0 unspecified atom stereocenters. The highest BCUT2D eigenvalue weighted by atomic mass is 16.5. The number of hydrogen-bond donors (Lipinski definition) is 1. The van der Waals surface area contributed by atoms with Gasteiger partial charge in [0.15, 0.2) is 17.6 Å². The molecule has 1 N–H and O–H groups in total. The summed E-state index contributed by atoms with van der Waals surface area (Å²) in [7, 11) is 3.27. The van der Waals surface area contributed by atoms with E-state index in [1.165, 1.54) is 0 Å². The van der Waals surface area contributed by atoms with Crippen molar-refractivity contribution in [2.45, 2.75) is 59.1 Å². The predicted molar refractivity (Wildman–Crippen MR) is 116 cm³/mol. The molecule has 2 rings (SSSR count).